The number of nitrogens with one attached hydrogen (secondary N) is 1. The molecule has 1 fully saturated rings. The van der Waals surface area contributed by atoms with Crippen LogP contribution in [0.3, 0.4) is 0 Å². The van der Waals surface area contributed by atoms with Crippen LogP contribution in [0.15, 0.2) is 0 Å². The van der Waals surface area contributed by atoms with Crippen LogP contribution < -0.4 is 3.53 Å². The second-order valence-corrected chi connectivity index (χ2v) is 3.23. The van der Waals surface area contributed by atoms with Gasteiger partial charge in [0.2, 0.25) is 5.92 Å². The Morgan fingerprint density at radius 2 is 2.11 bits per heavy atom. The van der Waals surface area contributed by atoms with Crippen LogP contribution in [0, 0.1) is 5.92 Å². The minimum atomic E-state index is -2.35. The lowest BCUT2D eigenvalue weighted by Gasteiger charge is -2.34. The molecule has 0 heterocycles. The summed E-state index contributed by atoms with van der Waals surface area (Å²) in [5.41, 5.74) is 0. The first-order valence-corrected chi connectivity index (χ1v) is 3.93. The summed E-state index contributed by atoms with van der Waals surface area (Å²) in [6, 6.07) is 0. The molecule has 0 saturated heterocycles. The van der Waals surface area contributed by atoms with E-state index >= 15 is 0 Å². The molecule has 1 rings (SSSR count). The van der Waals surface area contributed by atoms with Crippen molar-refractivity contribution in [1.29, 1.82) is 0 Å². The summed E-state index contributed by atoms with van der Waals surface area (Å²) in [5.74, 6) is -2.14. The summed E-state index contributed by atoms with van der Waals surface area (Å²) in [6.45, 7) is 0.718. The third-order valence-electron chi connectivity index (χ3n) is 1.54. The molecule has 0 unspecified atom stereocenters. The molecule has 54 valence electrons. The molecule has 0 amide bonds. The Hall–Kier alpha value is 0.550. The summed E-state index contributed by atoms with van der Waals surface area (Å²) in [7, 11) is 0. The minimum Gasteiger partial charge on any atom is -0.261 e. The van der Waals surface area contributed by atoms with Gasteiger partial charge in [-0.25, -0.2) is 8.78 Å². The third-order valence-corrected chi connectivity index (χ3v) is 1.98. The highest BCUT2D eigenvalue weighted by atomic mass is 127. The number of rotatable bonds is 2. The van der Waals surface area contributed by atoms with E-state index in [1.807, 2.05) is 22.9 Å². The zero-order valence-electron chi connectivity index (χ0n) is 4.83. The first-order valence-electron chi connectivity index (χ1n) is 2.85. The maximum Gasteiger partial charge on any atom is 0.248 e. The summed E-state index contributed by atoms with van der Waals surface area (Å²) >= 11 is 1.98. The lowest BCUT2D eigenvalue weighted by molar-refractivity contribution is -0.107. The number of hydrogen-bond donors (Lipinski definition) is 1. The topological polar surface area (TPSA) is 12.0 Å². The first kappa shape index (κ1) is 7.65. The Kier molecular flexibility index (Phi) is 2.26. The van der Waals surface area contributed by atoms with Crippen LogP contribution in [0.5, 0.6) is 0 Å². The van der Waals surface area contributed by atoms with Crippen molar-refractivity contribution in [2.24, 2.45) is 5.92 Å². The molecule has 0 aliphatic heterocycles. The van der Waals surface area contributed by atoms with E-state index in [9.17, 15) is 8.78 Å². The lowest BCUT2D eigenvalue weighted by Crippen LogP contribution is -2.39. The van der Waals surface area contributed by atoms with Gasteiger partial charge in [-0.1, -0.05) is 0 Å². The van der Waals surface area contributed by atoms with Gasteiger partial charge in [0.15, 0.2) is 0 Å². The normalized spacial score (nSPS) is 25.7. The highest BCUT2D eigenvalue weighted by Crippen LogP contribution is 2.41. The molecule has 4 heteroatoms. The predicted octanol–water partition coefficient (Wildman–Crippen LogP) is 1.97. The van der Waals surface area contributed by atoms with Crippen LogP contribution in [0.25, 0.3) is 0 Å². The average Bonchev–Trinajstić information content (AvgIpc) is 1.62. The fraction of sp³-hybridized carbons (Fsp3) is 1.00. The summed E-state index contributed by atoms with van der Waals surface area (Å²) < 4.78 is 27.0. The van der Waals surface area contributed by atoms with Gasteiger partial charge in [-0.3, -0.25) is 3.53 Å². The molecule has 0 aromatic carbocycles. The van der Waals surface area contributed by atoms with E-state index in [4.69, 9.17) is 0 Å². The van der Waals surface area contributed by atoms with Gasteiger partial charge in [-0.05, 0) is 5.92 Å². The van der Waals surface area contributed by atoms with Crippen molar-refractivity contribution < 1.29 is 8.78 Å². The van der Waals surface area contributed by atoms with Crippen LogP contribution >= 0.6 is 22.9 Å². The van der Waals surface area contributed by atoms with E-state index < -0.39 is 5.92 Å². The molecule has 0 aromatic rings. The fourth-order valence-electron chi connectivity index (χ4n) is 1.04. The van der Waals surface area contributed by atoms with Crippen LogP contribution in [0.4, 0.5) is 8.78 Å². The zero-order valence-corrected chi connectivity index (χ0v) is 6.99. The van der Waals surface area contributed by atoms with E-state index in [0.29, 0.717) is 0 Å². The molecule has 1 N–H and O–H groups in total. The van der Waals surface area contributed by atoms with Gasteiger partial charge in [0.1, 0.15) is 0 Å². The van der Waals surface area contributed by atoms with E-state index in [1.54, 1.807) is 0 Å². The van der Waals surface area contributed by atoms with Gasteiger partial charge < -0.3 is 0 Å². The van der Waals surface area contributed by atoms with Crippen molar-refractivity contribution in [2.75, 3.05) is 6.54 Å². The fourth-order valence-corrected chi connectivity index (χ4v) is 1.66. The molecule has 1 aliphatic rings. The molecule has 0 radical (unpaired) electrons. The van der Waals surface area contributed by atoms with Crippen LogP contribution in [-0.4, -0.2) is 12.5 Å². The highest BCUT2D eigenvalue weighted by molar-refractivity contribution is 14.1. The van der Waals surface area contributed by atoms with Crippen molar-refractivity contribution in [3.05, 3.63) is 0 Å². The standard InChI is InChI=1S/C5H8F2IN/c6-5(7)1-4(2-5)3-9-8/h4,9H,1-3H2. The summed E-state index contributed by atoms with van der Waals surface area (Å²) in [5, 5.41) is 0. The molecule has 1 nitrogen and oxygen atoms in total. The SMILES string of the molecule is FC1(F)CC(CNI)C1. The predicted molar refractivity (Wildman–Crippen MR) is 39.7 cm³/mol. The average molecular weight is 247 g/mol. The van der Waals surface area contributed by atoms with Gasteiger partial charge in [0.05, 0.1) is 0 Å². The summed E-state index contributed by atoms with van der Waals surface area (Å²) in [4.78, 5) is 0. The summed E-state index contributed by atoms with van der Waals surface area (Å²) in [6.07, 6.45) is 0.145. The van der Waals surface area contributed by atoms with Gasteiger partial charge in [-0.2, -0.15) is 0 Å². The smallest absolute Gasteiger partial charge is 0.248 e. The molecule has 1 aliphatic carbocycles. The van der Waals surface area contributed by atoms with Crippen LogP contribution in [0.1, 0.15) is 12.8 Å². The highest BCUT2D eigenvalue weighted by Gasteiger charge is 2.44. The van der Waals surface area contributed by atoms with Gasteiger partial charge in [-0.15, -0.1) is 0 Å². The molecule has 9 heavy (non-hydrogen) atoms. The van der Waals surface area contributed by atoms with Gasteiger partial charge >= 0.3 is 0 Å². The Bertz CT molecular complexity index is 99.1. The van der Waals surface area contributed by atoms with Crippen molar-refractivity contribution in [3.8, 4) is 0 Å². The van der Waals surface area contributed by atoms with Crippen molar-refractivity contribution in [2.45, 2.75) is 18.8 Å². The van der Waals surface area contributed by atoms with Crippen molar-refractivity contribution in [1.82, 2.24) is 3.53 Å². The Labute approximate surface area is 66.7 Å². The molecule has 0 bridgehead atoms. The van der Waals surface area contributed by atoms with Crippen LogP contribution in [0.2, 0.25) is 0 Å². The Morgan fingerprint density at radius 3 is 2.44 bits per heavy atom. The maximum atomic E-state index is 12.1. The molecular weight excluding hydrogens is 239 g/mol. The van der Waals surface area contributed by atoms with E-state index in [-0.39, 0.29) is 18.8 Å². The first-order chi connectivity index (χ1) is 4.14. The Balaban J connectivity index is 2.12. The maximum absolute atomic E-state index is 12.1. The molecular formula is C5H8F2IN. The monoisotopic (exact) mass is 247 g/mol. The minimum absolute atomic E-state index is 0.0724. The zero-order chi connectivity index (χ0) is 6.91. The van der Waals surface area contributed by atoms with E-state index in [0.717, 1.165) is 6.54 Å². The second kappa shape index (κ2) is 2.65. The number of halogens is 3. The van der Waals surface area contributed by atoms with E-state index in [1.165, 1.54) is 0 Å². The van der Waals surface area contributed by atoms with Crippen molar-refractivity contribution in [3.63, 3.8) is 0 Å². The largest absolute Gasteiger partial charge is 0.261 e. The van der Waals surface area contributed by atoms with Gasteiger partial charge in [0, 0.05) is 42.3 Å². The van der Waals surface area contributed by atoms with E-state index in [2.05, 4.69) is 3.53 Å². The lowest BCUT2D eigenvalue weighted by atomic mass is 9.82. The quantitative estimate of drug-likeness (QED) is 0.581. The van der Waals surface area contributed by atoms with Crippen LogP contribution in [-0.2, 0) is 0 Å². The molecule has 0 spiro atoms. The Morgan fingerprint density at radius 1 is 1.56 bits per heavy atom. The molecule has 0 aromatic heterocycles. The molecule has 1 saturated carbocycles. The van der Waals surface area contributed by atoms with Gasteiger partial charge in [0.25, 0.3) is 0 Å². The third kappa shape index (κ3) is 2.00. The molecule has 0 atom stereocenters. The number of alkyl halides is 2. The second-order valence-electron chi connectivity index (χ2n) is 2.47. The number of hydrogen-bond acceptors (Lipinski definition) is 1. The van der Waals surface area contributed by atoms with Crippen molar-refractivity contribution >= 4 is 22.9 Å².